The molecule has 0 saturated carbocycles. The van der Waals surface area contributed by atoms with Gasteiger partial charge in [-0.05, 0) is 18.6 Å². The van der Waals surface area contributed by atoms with Crippen LogP contribution in [-0.2, 0) is 4.79 Å². The van der Waals surface area contributed by atoms with Gasteiger partial charge in [0.15, 0.2) is 5.13 Å². The third-order valence-corrected chi connectivity index (χ3v) is 3.51. The number of anilines is 1. The summed E-state index contributed by atoms with van der Waals surface area (Å²) < 4.78 is 0. The molecule has 1 amide bonds. The Bertz CT molecular complexity index is 524. The molecule has 94 valence electrons. The van der Waals surface area contributed by atoms with Crippen LogP contribution >= 0.6 is 11.3 Å². The normalized spacial score (nSPS) is 12.1. The standard InChI is InChI=1S/C13H15N3OS/c1-3-9(2)12(17)16-13-15-11(8-18-13)10-5-4-6-14-7-10/h4-9H,3H2,1-2H3,(H,15,16,17). The minimum atomic E-state index is 0.00995. The lowest BCUT2D eigenvalue weighted by Gasteiger charge is -2.06. The summed E-state index contributed by atoms with van der Waals surface area (Å²) in [6.07, 6.45) is 4.31. The molecule has 2 heterocycles. The molecule has 5 heteroatoms. The maximum Gasteiger partial charge on any atom is 0.228 e. The molecule has 2 rings (SSSR count). The van der Waals surface area contributed by atoms with Crippen LogP contribution in [0.4, 0.5) is 5.13 Å². The molecule has 0 aliphatic heterocycles. The molecule has 0 aliphatic rings. The van der Waals surface area contributed by atoms with Gasteiger partial charge in [0.05, 0.1) is 5.69 Å². The lowest BCUT2D eigenvalue weighted by Crippen LogP contribution is -2.19. The van der Waals surface area contributed by atoms with E-state index < -0.39 is 0 Å². The summed E-state index contributed by atoms with van der Waals surface area (Å²) in [5.41, 5.74) is 1.80. The third-order valence-electron chi connectivity index (χ3n) is 2.75. The van der Waals surface area contributed by atoms with Crippen molar-refractivity contribution < 1.29 is 4.79 Å². The van der Waals surface area contributed by atoms with Crippen LogP contribution in [0.5, 0.6) is 0 Å². The summed E-state index contributed by atoms with van der Waals surface area (Å²) in [5, 5.41) is 5.39. The predicted molar refractivity (Wildman–Crippen MR) is 73.4 cm³/mol. The highest BCUT2D eigenvalue weighted by Gasteiger charge is 2.12. The van der Waals surface area contributed by atoms with Gasteiger partial charge < -0.3 is 5.32 Å². The maximum atomic E-state index is 11.7. The van der Waals surface area contributed by atoms with E-state index >= 15 is 0 Å². The second-order valence-corrected chi connectivity index (χ2v) is 4.94. The van der Waals surface area contributed by atoms with Crippen molar-refractivity contribution in [3.05, 3.63) is 29.9 Å². The number of hydrogen-bond acceptors (Lipinski definition) is 4. The van der Waals surface area contributed by atoms with Crippen LogP contribution < -0.4 is 5.32 Å². The van der Waals surface area contributed by atoms with Gasteiger partial charge in [0, 0.05) is 29.3 Å². The fraction of sp³-hybridized carbons (Fsp3) is 0.308. The first-order valence-corrected chi connectivity index (χ1v) is 6.75. The molecule has 1 N–H and O–H groups in total. The molecule has 1 unspecified atom stereocenters. The van der Waals surface area contributed by atoms with Gasteiger partial charge in [0.2, 0.25) is 5.91 Å². The average molecular weight is 261 g/mol. The van der Waals surface area contributed by atoms with Crippen molar-refractivity contribution in [3.8, 4) is 11.3 Å². The molecule has 0 radical (unpaired) electrons. The minimum Gasteiger partial charge on any atom is -0.302 e. The van der Waals surface area contributed by atoms with Crippen molar-refractivity contribution in [3.63, 3.8) is 0 Å². The van der Waals surface area contributed by atoms with Gasteiger partial charge in [-0.2, -0.15) is 0 Å². The highest BCUT2D eigenvalue weighted by molar-refractivity contribution is 7.14. The zero-order valence-corrected chi connectivity index (χ0v) is 11.2. The van der Waals surface area contributed by atoms with Crippen molar-refractivity contribution in [1.29, 1.82) is 0 Å². The number of nitrogens with one attached hydrogen (secondary N) is 1. The molecule has 0 aromatic carbocycles. The van der Waals surface area contributed by atoms with E-state index in [1.54, 1.807) is 12.4 Å². The van der Waals surface area contributed by atoms with E-state index in [9.17, 15) is 4.79 Å². The van der Waals surface area contributed by atoms with Gasteiger partial charge in [0.1, 0.15) is 0 Å². The van der Waals surface area contributed by atoms with Gasteiger partial charge in [0.25, 0.3) is 0 Å². The summed E-state index contributed by atoms with van der Waals surface area (Å²) in [7, 11) is 0. The van der Waals surface area contributed by atoms with Gasteiger partial charge in [-0.1, -0.05) is 13.8 Å². The molecule has 0 bridgehead atoms. The van der Waals surface area contributed by atoms with E-state index in [0.717, 1.165) is 17.7 Å². The van der Waals surface area contributed by atoms with Crippen molar-refractivity contribution in [1.82, 2.24) is 9.97 Å². The predicted octanol–water partition coefficient (Wildman–Crippen LogP) is 3.19. The number of rotatable bonds is 4. The largest absolute Gasteiger partial charge is 0.302 e. The Balaban J connectivity index is 2.10. The number of amides is 1. The summed E-state index contributed by atoms with van der Waals surface area (Å²) in [4.78, 5) is 20.2. The van der Waals surface area contributed by atoms with Crippen molar-refractivity contribution >= 4 is 22.4 Å². The van der Waals surface area contributed by atoms with E-state index in [0.29, 0.717) is 5.13 Å². The molecule has 4 nitrogen and oxygen atoms in total. The van der Waals surface area contributed by atoms with E-state index in [1.165, 1.54) is 11.3 Å². The summed E-state index contributed by atoms with van der Waals surface area (Å²) in [6.45, 7) is 3.90. The number of carbonyl (C=O) groups is 1. The number of pyridine rings is 1. The van der Waals surface area contributed by atoms with E-state index in [2.05, 4.69) is 15.3 Å². The van der Waals surface area contributed by atoms with Crippen LogP contribution in [-0.4, -0.2) is 15.9 Å². The van der Waals surface area contributed by atoms with Crippen LogP contribution in [0.15, 0.2) is 29.9 Å². The Morgan fingerprint density at radius 1 is 1.56 bits per heavy atom. The molecule has 0 aliphatic carbocycles. The highest BCUT2D eigenvalue weighted by atomic mass is 32.1. The summed E-state index contributed by atoms with van der Waals surface area (Å²) in [5.74, 6) is 0.0281. The molecule has 0 fully saturated rings. The first kappa shape index (κ1) is 12.7. The Labute approximate surface area is 110 Å². The number of carbonyl (C=O) groups excluding carboxylic acids is 1. The van der Waals surface area contributed by atoms with Crippen molar-refractivity contribution in [2.45, 2.75) is 20.3 Å². The van der Waals surface area contributed by atoms with Crippen LogP contribution in [0, 0.1) is 5.92 Å². The quantitative estimate of drug-likeness (QED) is 0.919. The summed E-state index contributed by atoms with van der Waals surface area (Å²) >= 11 is 1.43. The molecule has 2 aromatic heterocycles. The average Bonchev–Trinajstić information content (AvgIpc) is 2.87. The number of aromatic nitrogens is 2. The molecule has 0 spiro atoms. The van der Waals surface area contributed by atoms with E-state index in [-0.39, 0.29) is 11.8 Å². The Morgan fingerprint density at radius 3 is 3.06 bits per heavy atom. The zero-order valence-electron chi connectivity index (χ0n) is 10.4. The van der Waals surface area contributed by atoms with Crippen LogP contribution in [0.1, 0.15) is 20.3 Å². The van der Waals surface area contributed by atoms with Crippen molar-refractivity contribution in [2.24, 2.45) is 5.92 Å². The maximum absolute atomic E-state index is 11.7. The lowest BCUT2D eigenvalue weighted by atomic mass is 10.1. The Morgan fingerprint density at radius 2 is 2.39 bits per heavy atom. The molecule has 18 heavy (non-hydrogen) atoms. The van der Waals surface area contributed by atoms with E-state index in [1.807, 2.05) is 31.4 Å². The molecule has 0 saturated heterocycles. The summed E-state index contributed by atoms with van der Waals surface area (Å²) in [6, 6.07) is 3.81. The van der Waals surface area contributed by atoms with Gasteiger partial charge in [-0.15, -0.1) is 11.3 Å². The fourth-order valence-corrected chi connectivity index (χ4v) is 2.11. The number of thiazole rings is 1. The second-order valence-electron chi connectivity index (χ2n) is 4.08. The number of hydrogen-bond donors (Lipinski definition) is 1. The molecular formula is C13H15N3OS. The van der Waals surface area contributed by atoms with Gasteiger partial charge in [-0.25, -0.2) is 4.98 Å². The smallest absolute Gasteiger partial charge is 0.228 e. The Kier molecular flexibility index (Phi) is 4.04. The SMILES string of the molecule is CCC(C)C(=O)Nc1nc(-c2cccnc2)cs1. The molecule has 2 aromatic rings. The van der Waals surface area contributed by atoms with Crippen LogP contribution in [0.2, 0.25) is 0 Å². The monoisotopic (exact) mass is 261 g/mol. The fourth-order valence-electron chi connectivity index (χ4n) is 1.39. The Hall–Kier alpha value is -1.75. The first-order chi connectivity index (χ1) is 8.70. The minimum absolute atomic E-state index is 0.00995. The molecular weight excluding hydrogens is 246 g/mol. The topological polar surface area (TPSA) is 54.9 Å². The van der Waals surface area contributed by atoms with Crippen LogP contribution in [0.3, 0.4) is 0 Å². The first-order valence-electron chi connectivity index (χ1n) is 5.87. The second kappa shape index (κ2) is 5.73. The van der Waals surface area contributed by atoms with Gasteiger partial charge >= 0.3 is 0 Å². The van der Waals surface area contributed by atoms with E-state index in [4.69, 9.17) is 0 Å². The van der Waals surface area contributed by atoms with Gasteiger partial charge in [-0.3, -0.25) is 9.78 Å². The number of nitrogens with zero attached hydrogens (tertiary/aromatic N) is 2. The van der Waals surface area contributed by atoms with Crippen molar-refractivity contribution in [2.75, 3.05) is 5.32 Å². The zero-order chi connectivity index (χ0) is 13.0. The lowest BCUT2D eigenvalue weighted by molar-refractivity contribution is -0.119. The van der Waals surface area contributed by atoms with Crippen LogP contribution in [0.25, 0.3) is 11.3 Å². The molecule has 1 atom stereocenters. The third kappa shape index (κ3) is 2.92. The highest BCUT2D eigenvalue weighted by Crippen LogP contribution is 2.24.